The van der Waals surface area contributed by atoms with Gasteiger partial charge in [-0.2, -0.15) is 0 Å². The van der Waals surface area contributed by atoms with E-state index < -0.39 is 6.10 Å². The molecule has 1 atom stereocenters. The van der Waals surface area contributed by atoms with Gasteiger partial charge in [-0.15, -0.1) is 11.3 Å². The lowest BCUT2D eigenvalue weighted by Crippen LogP contribution is -2.46. The van der Waals surface area contributed by atoms with Gasteiger partial charge in [-0.1, -0.05) is 18.2 Å². The van der Waals surface area contributed by atoms with Crippen molar-refractivity contribution in [3.05, 3.63) is 69.9 Å². The first-order valence-corrected chi connectivity index (χ1v) is 11.0. The summed E-state index contributed by atoms with van der Waals surface area (Å²) in [5, 5.41) is 13.2. The average molecular weight is 444 g/mol. The van der Waals surface area contributed by atoms with E-state index in [9.17, 15) is 9.50 Å². The zero-order valence-corrected chi connectivity index (χ0v) is 18.4. The summed E-state index contributed by atoms with van der Waals surface area (Å²) in [6.45, 7) is 3.62. The van der Waals surface area contributed by atoms with Crippen molar-refractivity contribution in [1.82, 2.24) is 9.88 Å². The summed E-state index contributed by atoms with van der Waals surface area (Å²) >= 11 is 1.36. The molecule has 0 amide bonds. The van der Waals surface area contributed by atoms with Crippen LogP contribution in [0.1, 0.15) is 22.2 Å². The van der Waals surface area contributed by atoms with Crippen molar-refractivity contribution < 1.29 is 19.0 Å². The van der Waals surface area contributed by atoms with Crippen molar-refractivity contribution in [2.24, 2.45) is 0 Å². The highest BCUT2D eigenvalue weighted by Gasteiger charge is 2.26. The van der Waals surface area contributed by atoms with Gasteiger partial charge >= 0.3 is 0 Å². The molecule has 0 radical (unpaired) electrons. The minimum Gasteiger partial charge on any atom is -0.497 e. The molecule has 6 nitrogen and oxygen atoms in total. The smallest absolute Gasteiger partial charge is 0.146 e. The second kappa shape index (κ2) is 9.64. The Labute approximate surface area is 185 Å². The molecule has 1 N–H and O–H groups in total. The van der Waals surface area contributed by atoms with Crippen molar-refractivity contribution in [3.8, 4) is 11.5 Å². The second-order valence-corrected chi connectivity index (χ2v) is 8.32. The van der Waals surface area contributed by atoms with Gasteiger partial charge in [-0.05, 0) is 12.1 Å². The predicted molar refractivity (Wildman–Crippen MR) is 120 cm³/mol. The summed E-state index contributed by atoms with van der Waals surface area (Å²) < 4.78 is 25.6. The van der Waals surface area contributed by atoms with Crippen molar-refractivity contribution in [2.75, 3.05) is 45.3 Å². The molecule has 8 heteroatoms. The van der Waals surface area contributed by atoms with E-state index in [0.717, 1.165) is 36.7 Å². The Balaban J connectivity index is 1.47. The first kappa shape index (κ1) is 21.5. The molecule has 1 aromatic heterocycles. The lowest BCUT2D eigenvalue weighted by molar-refractivity contribution is 0.217. The second-order valence-electron chi connectivity index (χ2n) is 7.39. The summed E-state index contributed by atoms with van der Waals surface area (Å²) in [6.07, 6.45) is 0.710. The summed E-state index contributed by atoms with van der Waals surface area (Å²) in [4.78, 5) is 8.53. The lowest BCUT2D eigenvalue weighted by atomic mass is 10.0. The monoisotopic (exact) mass is 443 g/mol. The van der Waals surface area contributed by atoms with Crippen LogP contribution in [0.15, 0.2) is 48.0 Å². The molecule has 2 heterocycles. The van der Waals surface area contributed by atoms with Gasteiger partial charge in [-0.25, -0.2) is 9.37 Å². The van der Waals surface area contributed by atoms with Gasteiger partial charge in [-0.3, -0.25) is 4.90 Å². The lowest BCUT2D eigenvalue weighted by Gasteiger charge is -2.37. The molecule has 0 bridgehead atoms. The van der Waals surface area contributed by atoms with E-state index in [2.05, 4.69) is 9.88 Å². The number of ether oxygens (including phenoxy) is 2. The summed E-state index contributed by atoms with van der Waals surface area (Å²) in [5.74, 6) is 1.24. The largest absolute Gasteiger partial charge is 0.497 e. The SMILES string of the molecule is COc1ccc(CN2CCN(c3c(F)cccc3[C@@H](O)c3nccs3)CC2)c(OC)c1. The number of piperazine rings is 1. The molecule has 3 aromatic rings. The molecule has 0 unspecified atom stereocenters. The maximum Gasteiger partial charge on any atom is 0.146 e. The van der Waals surface area contributed by atoms with Crippen molar-refractivity contribution >= 4 is 17.0 Å². The number of halogens is 1. The van der Waals surface area contributed by atoms with Gasteiger partial charge in [0.25, 0.3) is 0 Å². The van der Waals surface area contributed by atoms with Gasteiger partial charge in [0.1, 0.15) is 28.4 Å². The summed E-state index contributed by atoms with van der Waals surface area (Å²) in [6, 6.07) is 10.7. The Bertz CT molecular complexity index is 1010. The number of thiazole rings is 1. The van der Waals surface area contributed by atoms with Crippen molar-refractivity contribution in [2.45, 2.75) is 12.6 Å². The quantitative estimate of drug-likeness (QED) is 0.601. The molecule has 1 aliphatic rings. The van der Waals surface area contributed by atoms with E-state index >= 15 is 0 Å². The molecule has 0 spiro atoms. The van der Waals surface area contributed by atoms with Crippen LogP contribution in [0.25, 0.3) is 0 Å². The summed E-state index contributed by atoms with van der Waals surface area (Å²) in [7, 11) is 3.29. The maximum atomic E-state index is 14.8. The van der Waals surface area contributed by atoms with Crippen LogP contribution in [0.5, 0.6) is 11.5 Å². The number of hydrogen-bond acceptors (Lipinski definition) is 7. The van der Waals surface area contributed by atoms with Crippen LogP contribution in [0.4, 0.5) is 10.1 Å². The predicted octanol–water partition coefficient (Wildman–Crippen LogP) is 3.70. The first-order valence-electron chi connectivity index (χ1n) is 10.1. The highest BCUT2D eigenvalue weighted by atomic mass is 32.1. The van der Waals surface area contributed by atoms with E-state index in [1.165, 1.54) is 17.4 Å². The molecule has 1 aliphatic heterocycles. The Morgan fingerprint density at radius 1 is 1.13 bits per heavy atom. The van der Waals surface area contributed by atoms with E-state index in [0.29, 0.717) is 29.3 Å². The number of hydrogen-bond donors (Lipinski definition) is 1. The molecule has 1 saturated heterocycles. The number of aliphatic hydroxyl groups excluding tert-OH is 1. The number of para-hydroxylation sites is 1. The van der Waals surface area contributed by atoms with Crippen molar-refractivity contribution in [3.63, 3.8) is 0 Å². The molecular weight excluding hydrogens is 417 g/mol. The van der Waals surface area contributed by atoms with Gasteiger partial charge in [0.15, 0.2) is 0 Å². The molecule has 0 saturated carbocycles. The number of anilines is 1. The van der Waals surface area contributed by atoms with Crippen LogP contribution < -0.4 is 14.4 Å². The Hall–Kier alpha value is -2.68. The highest BCUT2D eigenvalue weighted by Crippen LogP contribution is 2.34. The van der Waals surface area contributed by atoms with E-state index in [4.69, 9.17) is 9.47 Å². The fraction of sp³-hybridized carbons (Fsp3) is 0.348. The average Bonchev–Trinajstić information content (AvgIpc) is 3.34. The van der Waals surface area contributed by atoms with Crippen LogP contribution in [0.3, 0.4) is 0 Å². The van der Waals surface area contributed by atoms with Gasteiger partial charge in [0, 0.05) is 61.5 Å². The zero-order chi connectivity index (χ0) is 21.8. The van der Waals surface area contributed by atoms with Crippen LogP contribution in [0.2, 0.25) is 0 Å². The van der Waals surface area contributed by atoms with E-state index in [-0.39, 0.29) is 5.82 Å². The van der Waals surface area contributed by atoms with Crippen LogP contribution in [-0.2, 0) is 6.54 Å². The maximum absolute atomic E-state index is 14.8. The normalized spacial score (nSPS) is 15.7. The molecular formula is C23H26FN3O3S. The van der Waals surface area contributed by atoms with Gasteiger partial charge < -0.3 is 19.5 Å². The molecule has 0 aliphatic carbocycles. The number of aliphatic hydroxyl groups is 1. The number of rotatable bonds is 7. The zero-order valence-electron chi connectivity index (χ0n) is 17.6. The third-order valence-corrected chi connectivity index (χ3v) is 6.40. The Morgan fingerprint density at radius 3 is 2.61 bits per heavy atom. The van der Waals surface area contributed by atoms with Crippen LogP contribution >= 0.6 is 11.3 Å². The fourth-order valence-electron chi connectivity index (χ4n) is 3.94. The summed E-state index contributed by atoms with van der Waals surface area (Å²) in [5.41, 5.74) is 2.11. The number of aromatic nitrogens is 1. The van der Waals surface area contributed by atoms with Crippen LogP contribution in [0, 0.1) is 5.82 Å². The Morgan fingerprint density at radius 2 is 1.94 bits per heavy atom. The van der Waals surface area contributed by atoms with Gasteiger partial charge in [0.2, 0.25) is 0 Å². The molecule has 31 heavy (non-hydrogen) atoms. The highest BCUT2D eigenvalue weighted by molar-refractivity contribution is 7.09. The molecule has 2 aromatic carbocycles. The topological polar surface area (TPSA) is 58.1 Å². The fourth-order valence-corrected chi connectivity index (χ4v) is 4.58. The van der Waals surface area contributed by atoms with Crippen LogP contribution in [-0.4, -0.2) is 55.4 Å². The Kier molecular flexibility index (Phi) is 6.70. The van der Waals surface area contributed by atoms with Gasteiger partial charge in [0.05, 0.1) is 19.9 Å². The van der Waals surface area contributed by atoms with E-state index in [1.807, 2.05) is 28.5 Å². The number of methoxy groups -OCH3 is 2. The molecule has 4 rings (SSSR count). The first-order chi connectivity index (χ1) is 15.1. The molecule has 164 valence electrons. The van der Waals surface area contributed by atoms with Crippen molar-refractivity contribution in [1.29, 1.82) is 0 Å². The number of benzene rings is 2. The molecule has 1 fully saturated rings. The van der Waals surface area contributed by atoms with E-state index in [1.54, 1.807) is 32.5 Å². The minimum atomic E-state index is -0.938. The third kappa shape index (κ3) is 4.66. The standard InChI is InChI=1S/C23H26FN3O3S/c1-29-17-7-6-16(20(14-17)30-2)15-26-9-11-27(12-10-26)21-18(4-3-5-19(21)24)22(28)23-25-8-13-31-23/h3-8,13-14,22,28H,9-12,15H2,1-2H3/t22-/m1/s1. The number of nitrogens with zero attached hydrogens (tertiary/aromatic N) is 3. The minimum absolute atomic E-state index is 0.321. The third-order valence-electron chi connectivity index (χ3n) is 5.57.